The van der Waals surface area contributed by atoms with Gasteiger partial charge in [0.1, 0.15) is 11.5 Å². The molecule has 4 atom stereocenters. The number of aliphatic hydroxyl groups is 1. The standard InChI is InChI=1S/C38H43N3O6/c1-44-26-32-6-5-21-41(32)24-35-22-36(29-13-11-28(25-42)12-14-29)47-37(46-35)30-15-9-27(10-16-30)23-39-38(43)40-31-17-19-34(20-18-31)45-33-7-3-2-4-8-33/h2-4,7-20,32,35-37,42H,5-6,21-26H2,1H3,(H2,39,40,43)/t32-,35-,36+,37+/m0/s1. The van der Waals surface area contributed by atoms with Crippen molar-refractivity contribution in [3.63, 3.8) is 0 Å². The Morgan fingerprint density at radius 1 is 0.872 bits per heavy atom. The van der Waals surface area contributed by atoms with Crippen LogP contribution in [-0.4, -0.2) is 55.0 Å². The quantitative estimate of drug-likeness (QED) is 0.155. The topological polar surface area (TPSA) is 102 Å². The molecule has 0 radical (unpaired) electrons. The molecule has 0 saturated carbocycles. The predicted octanol–water partition coefficient (Wildman–Crippen LogP) is 6.95. The number of methoxy groups -OCH3 is 1. The summed E-state index contributed by atoms with van der Waals surface area (Å²) in [5, 5.41) is 15.3. The number of nitrogens with zero attached hydrogens (tertiary/aromatic N) is 1. The van der Waals surface area contributed by atoms with Crippen LogP contribution in [0.2, 0.25) is 0 Å². The fourth-order valence-electron chi connectivity index (χ4n) is 6.19. The lowest BCUT2D eigenvalue weighted by Gasteiger charge is -2.38. The molecule has 2 heterocycles. The second-order valence-electron chi connectivity index (χ2n) is 12.1. The van der Waals surface area contributed by atoms with Crippen LogP contribution in [0.15, 0.2) is 103 Å². The van der Waals surface area contributed by atoms with Crippen molar-refractivity contribution in [1.82, 2.24) is 10.2 Å². The van der Waals surface area contributed by atoms with Gasteiger partial charge in [-0.3, -0.25) is 4.90 Å². The molecule has 2 aliphatic rings. The van der Waals surface area contributed by atoms with Crippen molar-refractivity contribution in [3.8, 4) is 11.5 Å². The molecule has 0 bridgehead atoms. The number of amides is 2. The van der Waals surface area contributed by atoms with Crippen molar-refractivity contribution in [2.24, 2.45) is 0 Å². The van der Waals surface area contributed by atoms with E-state index in [4.69, 9.17) is 18.9 Å². The van der Waals surface area contributed by atoms with E-state index in [-0.39, 0.29) is 24.8 Å². The zero-order chi connectivity index (χ0) is 32.4. The van der Waals surface area contributed by atoms with Gasteiger partial charge < -0.3 is 34.7 Å². The number of nitrogens with one attached hydrogen (secondary N) is 2. The lowest BCUT2D eigenvalue weighted by atomic mass is 9.99. The zero-order valence-corrected chi connectivity index (χ0v) is 26.7. The molecule has 2 saturated heterocycles. The molecule has 246 valence electrons. The van der Waals surface area contributed by atoms with Crippen molar-refractivity contribution in [2.45, 2.75) is 57.0 Å². The molecule has 4 aromatic carbocycles. The Labute approximate surface area is 276 Å². The number of urea groups is 1. The molecular weight excluding hydrogens is 594 g/mol. The van der Waals surface area contributed by atoms with Gasteiger partial charge in [0.05, 0.1) is 25.4 Å². The fourth-order valence-corrected chi connectivity index (χ4v) is 6.19. The van der Waals surface area contributed by atoms with E-state index >= 15 is 0 Å². The number of anilines is 1. The van der Waals surface area contributed by atoms with Gasteiger partial charge in [0.15, 0.2) is 6.29 Å². The molecule has 2 amide bonds. The van der Waals surface area contributed by atoms with Crippen molar-refractivity contribution >= 4 is 11.7 Å². The van der Waals surface area contributed by atoms with E-state index in [1.54, 1.807) is 19.2 Å². The molecule has 3 N–H and O–H groups in total. The van der Waals surface area contributed by atoms with Crippen LogP contribution in [0.3, 0.4) is 0 Å². The van der Waals surface area contributed by atoms with E-state index in [0.29, 0.717) is 24.0 Å². The number of hydrogen-bond donors (Lipinski definition) is 3. The third-order valence-electron chi connectivity index (χ3n) is 8.71. The number of benzene rings is 4. The van der Waals surface area contributed by atoms with Gasteiger partial charge in [0, 0.05) is 43.9 Å². The minimum Gasteiger partial charge on any atom is -0.457 e. The van der Waals surface area contributed by atoms with Gasteiger partial charge in [0.25, 0.3) is 0 Å². The minimum absolute atomic E-state index is 0.0105. The van der Waals surface area contributed by atoms with Crippen LogP contribution in [-0.2, 0) is 27.4 Å². The van der Waals surface area contributed by atoms with Crippen molar-refractivity contribution in [2.75, 3.05) is 32.1 Å². The molecule has 2 aliphatic heterocycles. The number of rotatable bonds is 12. The van der Waals surface area contributed by atoms with Gasteiger partial charge in [-0.2, -0.15) is 0 Å². The molecule has 4 aromatic rings. The first-order chi connectivity index (χ1) is 23.1. The van der Waals surface area contributed by atoms with Gasteiger partial charge in [0.2, 0.25) is 0 Å². The average molecular weight is 638 g/mol. The van der Waals surface area contributed by atoms with Crippen LogP contribution in [0.5, 0.6) is 11.5 Å². The predicted molar refractivity (Wildman–Crippen MR) is 180 cm³/mol. The summed E-state index contributed by atoms with van der Waals surface area (Å²) in [6.45, 7) is 2.96. The summed E-state index contributed by atoms with van der Waals surface area (Å²) in [6, 6.07) is 32.9. The van der Waals surface area contributed by atoms with Crippen molar-refractivity contribution < 1.29 is 28.8 Å². The summed E-state index contributed by atoms with van der Waals surface area (Å²) in [4.78, 5) is 15.1. The van der Waals surface area contributed by atoms with E-state index in [1.165, 1.54) is 0 Å². The van der Waals surface area contributed by atoms with E-state index in [9.17, 15) is 9.90 Å². The smallest absolute Gasteiger partial charge is 0.319 e. The molecule has 0 aliphatic carbocycles. The van der Waals surface area contributed by atoms with Gasteiger partial charge >= 0.3 is 6.03 Å². The SMILES string of the molecule is COC[C@@H]1CCCN1C[C@@H]1C[C@H](c2ccc(CO)cc2)O[C@H](c2ccc(CNC(=O)Nc3ccc(Oc4ccccc4)cc3)cc2)O1. The van der Waals surface area contributed by atoms with Crippen LogP contribution < -0.4 is 15.4 Å². The largest absolute Gasteiger partial charge is 0.457 e. The lowest BCUT2D eigenvalue weighted by molar-refractivity contribution is -0.253. The number of carbonyl (C=O) groups excluding carboxylic acids is 1. The summed E-state index contributed by atoms with van der Waals surface area (Å²) in [6.07, 6.45) is 2.35. The lowest BCUT2D eigenvalue weighted by Crippen LogP contribution is -2.42. The molecule has 9 nitrogen and oxygen atoms in total. The highest BCUT2D eigenvalue weighted by Gasteiger charge is 2.35. The monoisotopic (exact) mass is 637 g/mol. The van der Waals surface area contributed by atoms with Crippen LogP contribution in [0.4, 0.5) is 10.5 Å². The Kier molecular flexibility index (Phi) is 11.2. The first kappa shape index (κ1) is 32.7. The number of para-hydroxylation sites is 1. The summed E-state index contributed by atoms with van der Waals surface area (Å²) in [7, 11) is 1.76. The Balaban J connectivity index is 1.05. The van der Waals surface area contributed by atoms with Crippen LogP contribution in [0.25, 0.3) is 0 Å². The first-order valence-electron chi connectivity index (χ1n) is 16.3. The second-order valence-corrected chi connectivity index (χ2v) is 12.1. The maximum atomic E-state index is 12.6. The number of likely N-dealkylation sites (tertiary alicyclic amines) is 1. The molecule has 2 fully saturated rings. The molecule has 6 rings (SSSR count). The summed E-state index contributed by atoms with van der Waals surface area (Å²) >= 11 is 0. The van der Waals surface area contributed by atoms with Gasteiger partial charge in [-0.25, -0.2) is 4.79 Å². The molecule has 0 unspecified atom stereocenters. The first-order valence-corrected chi connectivity index (χ1v) is 16.3. The Bertz CT molecular complexity index is 1550. The Morgan fingerprint density at radius 2 is 1.57 bits per heavy atom. The number of ether oxygens (including phenoxy) is 4. The van der Waals surface area contributed by atoms with E-state index < -0.39 is 6.29 Å². The van der Waals surface area contributed by atoms with Crippen LogP contribution in [0, 0.1) is 0 Å². The maximum absolute atomic E-state index is 12.6. The van der Waals surface area contributed by atoms with E-state index in [1.807, 2.05) is 91.0 Å². The zero-order valence-electron chi connectivity index (χ0n) is 26.7. The molecule has 9 heteroatoms. The van der Waals surface area contributed by atoms with Gasteiger partial charge in [-0.1, -0.05) is 66.7 Å². The number of hydrogen-bond acceptors (Lipinski definition) is 7. The van der Waals surface area contributed by atoms with Gasteiger partial charge in [-0.15, -0.1) is 0 Å². The van der Waals surface area contributed by atoms with Gasteiger partial charge in [-0.05, 0) is 72.5 Å². The highest BCUT2D eigenvalue weighted by atomic mass is 16.7. The number of aliphatic hydroxyl groups excluding tert-OH is 1. The molecule has 47 heavy (non-hydrogen) atoms. The molecule has 0 spiro atoms. The molecule has 0 aromatic heterocycles. The maximum Gasteiger partial charge on any atom is 0.319 e. The van der Waals surface area contributed by atoms with E-state index in [2.05, 4.69) is 15.5 Å². The fraction of sp³-hybridized carbons (Fsp3) is 0.342. The van der Waals surface area contributed by atoms with Crippen molar-refractivity contribution in [1.29, 1.82) is 0 Å². The van der Waals surface area contributed by atoms with Crippen LogP contribution >= 0.6 is 0 Å². The minimum atomic E-state index is -0.529. The third-order valence-corrected chi connectivity index (χ3v) is 8.71. The Hall–Kier alpha value is -4.25. The second kappa shape index (κ2) is 16.0. The normalized spacial score (nSPS) is 21.3. The summed E-state index contributed by atoms with van der Waals surface area (Å²) < 4.78 is 24.4. The average Bonchev–Trinajstić information content (AvgIpc) is 3.55. The Morgan fingerprint density at radius 3 is 2.30 bits per heavy atom. The summed E-state index contributed by atoms with van der Waals surface area (Å²) in [5.74, 6) is 1.45. The third kappa shape index (κ3) is 8.97. The molecular formula is C38H43N3O6. The van der Waals surface area contributed by atoms with Crippen molar-refractivity contribution in [3.05, 3.63) is 125 Å². The van der Waals surface area contributed by atoms with Crippen LogP contribution in [0.1, 0.15) is 53.9 Å². The highest BCUT2D eigenvalue weighted by molar-refractivity contribution is 5.89. The van der Waals surface area contributed by atoms with E-state index in [0.717, 1.165) is 67.0 Å². The number of carbonyl (C=O) groups is 1. The highest BCUT2D eigenvalue weighted by Crippen LogP contribution is 2.39. The summed E-state index contributed by atoms with van der Waals surface area (Å²) in [5.41, 5.74) is 4.49.